The van der Waals surface area contributed by atoms with Crippen LogP contribution in [0, 0.1) is 6.92 Å². The molecule has 0 atom stereocenters. The van der Waals surface area contributed by atoms with Crippen LogP contribution >= 0.6 is 11.8 Å². The molecule has 0 radical (unpaired) electrons. The van der Waals surface area contributed by atoms with E-state index in [1.54, 1.807) is 7.11 Å². The Kier molecular flexibility index (Phi) is 6.38. The van der Waals surface area contributed by atoms with Crippen LogP contribution in [0.1, 0.15) is 16.7 Å². The predicted octanol–water partition coefficient (Wildman–Crippen LogP) is 5.47. The third kappa shape index (κ3) is 5.16. The van der Waals surface area contributed by atoms with Gasteiger partial charge in [0.05, 0.1) is 12.0 Å². The number of aryl methyl sites for hydroxylation is 1. The molecule has 1 fully saturated rings. The number of benzene rings is 3. The highest BCUT2D eigenvalue weighted by Gasteiger charge is 2.24. The second-order valence-corrected chi connectivity index (χ2v) is 8.00. The topological polar surface area (TPSA) is 59.9 Å². The molecule has 0 aromatic heterocycles. The van der Waals surface area contributed by atoms with Crippen molar-refractivity contribution in [2.45, 2.75) is 13.5 Å². The van der Waals surface area contributed by atoms with E-state index >= 15 is 0 Å². The Labute approximate surface area is 185 Å². The van der Waals surface area contributed by atoms with Gasteiger partial charge in [-0.25, -0.2) is 4.99 Å². The van der Waals surface area contributed by atoms with Gasteiger partial charge in [-0.3, -0.25) is 4.79 Å². The Hall–Kier alpha value is -3.51. The van der Waals surface area contributed by atoms with Gasteiger partial charge in [0.1, 0.15) is 23.8 Å². The molecule has 3 aromatic rings. The highest BCUT2D eigenvalue weighted by molar-refractivity contribution is 8.18. The molecule has 156 valence electrons. The summed E-state index contributed by atoms with van der Waals surface area (Å²) in [7, 11) is 1.60. The number of para-hydroxylation sites is 1. The quantitative estimate of drug-likeness (QED) is 0.527. The van der Waals surface area contributed by atoms with Crippen LogP contribution in [0.3, 0.4) is 0 Å². The molecule has 1 amide bonds. The van der Waals surface area contributed by atoms with E-state index in [-0.39, 0.29) is 5.91 Å². The zero-order valence-electron chi connectivity index (χ0n) is 17.3. The standard InChI is InChI=1S/C25H22N2O3S/c1-17-12-13-22(29-2)20(14-17)26-25-27-24(28)23(31-25)15-19-10-6-7-11-21(19)30-16-18-8-4-3-5-9-18/h3-15H,16H2,1-2H3,(H,26,27,28)/b23-15-. The Bertz CT molecular complexity index is 1160. The predicted molar refractivity (Wildman–Crippen MR) is 126 cm³/mol. The second-order valence-electron chi connectivity index (χ2n) is 6.97. The van der Waals surface area contributed by atoms with E-state index in [2.05, 4.69) is 10.3 Å². The maximum absolute atomic E-state index is 12.5. The lowest BCUT2D eigenvalue weighted by atomic mass is 10.2. The van der Waals surface area contributed by atoms with Crippen LogP contribution < -0.4 is 14.8 Å². The summed E-state index contributed by atoms with van der Waals surface area (Å²) < 4.78 is 11.4. The first-order chi connectivity index (χ1) is 15.1. The number of carbonyl (C=O) groups excluding carboxylic acids is 1. The molecule has 31 heavy (non-hydrogen) atoms. The zero-order valence-corrected chi connectivity index (χ0v) is 18.1. The van der Waals surface area contributed by atoms with E-state index < -0.39 is 0 Å². The number of nitrogens with zero attached hydrogens (tertiary/aromatic N) is 1. The van der Waals surface area contributed by atoms with E-state index in [4.69, 9.17) is 9.47 Å². The summed E-state index contributed by atoms with van der Waals surface area (Å²) in [5.74, 6) is 1.19. The summed E-state index contributed by atoms with van der Waals surface area (Å²) in [5, 5.41) is 3.35. The number of carbonyl (C=O) groups is 1. The van der Waals surface area contributed by atoms with Crippen LogP contribution in [-0.2, 0) is 11.4 Å². The van der Waals surface area contributed by atoms with Gasteiger partial charge in [0.15, 0.2) is 5.17 Å². The lowest BCUT2D eigenvalue weighted by molar-refractivity contribution is -0.115. The summed E-state index contributed by atoms with van der Waals surface area (Å²) in [4.78, 5) is 17.7. The third-order valence-electron chi connectivity index (χ3n) is 4.65. The fourth-order valence-corrected chi connectivity index (χ4v) is 3.91. The molecule has 1 aliphatic rings. The van der Waals surface area contributed by atoms with Crippen LogP contribution in [0.25, 0.3) is 6.08 Å². The SMILES string of the molecule is COc1ccc(C)cc1N=C1NC(=O)/C(=C/c2ccccc2OCc2ccccc2)S1. The average molecular weight is 431 g/mol. The lowest BCUT2D eigenvalue weighted by Gasteiger charge is -2.09. The maximum atomic E-state index is 12.5. The fourth-order valence-electron chi connectivity index (χ4n) is 3.09. The molecule has 1 aliphatic heterocycles. The Morgan fingerprint density at radius 1 is 1.00 bits per heavy atom. The second kappa shape index (κ2) is 9.53. The first kappa shape index (κ1) is 20.8. The first-order valence-corrected chi connectivity index (χ1v) is 10.6. The van der Waals surface area contributed by atoms with Gasteiger partial charge in [0.25, 0.3) is 5.91 Å². The zero-order chi connectivity index (χ0) is 21.6. The minimum atomic E-state index is -0.187. The third-order valence-corrected chi connectivity index (χ3v) is 5.56. The number of methoxy groups -OCH3 is 1. The first-order valence-electron chi connectivity index (χ1n) is 9.82. The number of ether oxygens (including phenoxy) is 2. The number of thioether (sulfide) groups is 1. The van der Waals surface area contributed by atoms with Gasteiger partial charge in [-0.15, -0.1) is 0 Å². The molecule has 0 aliphatic carbocycles. The van der Waals surface area contributed by atoms with Gasteiger partial charge in [-0.05, 0) is 54.1 Å². The fraction of sp³-hybridized carbons (Fsp3) is 0.120. The average Bonchev–Trinajstić information content (AvgIpc) is 3.12. The minimum Gasteiger partial charge on any atom is -0.494 e. The highest BCUT2D eigenvalue weighted by atomic mass is 32.2. The van der Waals surface area contributed by atoms with Crippen molar-refractivity contribution in [2.24, 2.45) is 4.99 Å². The summed E-state index contributed by atoms with van der Waals surface area (Å²) in [6.07, 6.45) is 1.83. The van der Waals surface area contributed by atoms with Crippen LogP contribution in [0.2, 0.25) is 0 Å². The minimum absolute atomic E-state index is 0.187. The summed E-state index contributed by atoms with van der Waals surface area (Å²) in [6, 6.07) is 23.4. The van der Waals surface area contributed by atoms with E-state index in [0.29, 0.717) is 28.1 Å². The van der Waals surface area contributed by atoms with Gasteiger partial charge in [-0.1, -0.05) is 54.6 Å². The Morgan fingerprint density at radius 2 is 1.77 bits per heavy atom. The molecule has 0 unspecified atom stereocenters. The van der Waals surface area contributed by atoms with Crippen LogP contribution in [0.15, 0.2) is 82.7 Å². The molecule has 1 saturated heterocycles. The van der Waals surface area contributed by atoms with Crippen molar-refractivity contribution in [2.75, 3.05) is 7.11 Å². The number of rotatable bonds is 6. The molecular weight excluding hydrogens is 408 g/mol. The maximum Gasteiger partial charge on any atom is 0.264 e. The van der Waals surface area contributed by atoms with E-state index in [1.807, 2.05) is 85.8 Å². The molecule has 1 heterocycles. The molecule has 6 heteroatoms. The Balaban J connectivity index is 1.55. The van der Waals surface area contributed by atoms with Crippen molar-refractivity contribution in [3.8, 4) is 11.5 Å². The summed E-state index contributed by atoms with van der Waals surface area (Å²) in [5.41, 5.74) is 3.66. The largest absolute Gasteiger partial charge is 0.494 e. The van der Waals surface area contributed by atoms with Crippen molar-refractivity contribution in [1.82, 2.24) is 5.32 Å². The van der Waals surface area contributed by atoms with Crippen molar-refractivity contribution < 1.29 is 14.3 Å². The van der Waals surface area contributed by atoms with Gasteiger partial charge in [0.2, 0.25) is 0 Å². The molecular formula is C25H22N2O3S. The van der Waals surface area contributed by atoms with Crippen LogP contribution in [0.4, 0.5) is 5.69 Å². The number of amides is 1. The van der Waals surface area contributed by atoms with E-state index in [0.717, 1.165) is 22.4 Å². The highest BCUT2D eigenvalue weighted by Crippen LogP contribution is 2.34. The monoisotopic (exact) mass is 430 g/mol. The number of nitrogens with one attached hydrogen (secondary N) is 1. The normalized spacial score (nSPS) is 15.9. The van der Waals surface area contributed by atoms with Gasteiger partial charge in [0, 0.05) is 5.56 Å². The van der Waals surface area contributed by atoms with Crippen molar-refractivity contribution in [3.63, 3.8) is 0 Å². The number of hydrogen-bond donors (Lipinski definition) is 1. The van der Waals surface area contributed by atoms with Gasteiger partial charge >= 0.3 is 0 Å². The van der Waals surface area contributed by atoms with Gasteiger partial charge in [-0.2, -0.15) is 0 Å². The number of aliphatic imine (C=N–C) groups is 1. The lowest BCUT2D eigenvalue weighted by Crippen LogP contribution is -2.19. The van der Waals surface area contributed by atoms with Crippen molar-refractivity contribution in [1.29, 1.82) is 0 Å². The van der Waals surface area contributed by atoms with Crippen molar-refractivity contribution in [3.05, 3.63) is 94.4 Å². The molecule has 4 rings (SSSR count). The number of hydrogen-bond acceptors (Lipinski definition) is 5. The summed E-state index contributed by atoms with van der Waals surface area (Å²) >= 11 is 1.30. The van der Waals surface area contributed by atoms with Crippen LogP contribution in [-0.4, -0.2) is 18.2 Å². The van der Waals surface area contributed by atoms with Crippen molar-refractivity contribution >= 4 is 34.6 Å². The van der Waals surface area contributed by atoms with Crippen LogP contribution in [0.5, 0.6) is 11.5 Å². The van der Waals surface area contributed by atoms with E-state index in [1.165, 1.54) is 11.8 Å². The Morgan fingerprint density at radius 3 is 2.58 bits per heavy atom. The molecule has 3 aromatic carbocycles. The summed E-state index contributed by atoms with van der Waals surface area (Å²) in [6.45, 7) is 2.45. The van der Waals surface area contributed by atoms with E-state index in [9.17, 15) is 4.79 Å². The molecule has 0 bridgehead atoms. The molecule has 0 saturated carbocycles. The van der Waals surface area contributed by atoms with Gasteiger partial charge < -0.3 is 14.8 Å². The molecule has 1 N–H and O–H groups in total. The molecule has 0 spiro atoms. The smallest absolute Gasteiger partial charge is 0.264 e. The molecule has 5 nitrogen and oxygen atoms in total. The number of amidine groups is 1.